The number of carbonyl (C=O) groups is 1. The van der Waals surface area contributed by atoms with Gasteiger partial charge < -0.3 is 15.8 Å². The molecule has 0 saturated heterocycles. The number of anilines is 1. The molecule has 4 heteroatoms. The van der Waals surface area contributed by atoms with Crippen LogP contribution in [0.2, 0.25) is 0 Å². The Morgan fingerprint density at radius 1 is 1.29 bits per heavy atom. The second kappa shape index (κ2) is 6.37. The van der Waals surface area contributed by atoms with E-state index in [1.54, 1.807) is 0 Å². The minimum Gasteiger partial charge on any atom is -0.369 e. The molecule has 0 spiro atoms. The lowest BCUT2D eigenvalue weighted by Crippen LogP contribution is -2.20. The second-order valence-corrected chi connectivity index (χ2v) is 4.32. The first-order chi connectivity index (χ1) is 7.99. The van der Waals surface area contributed by atoms with E-state index in [1.165, 1.54) is 0 Å². The molecule has 17 heavy (non-hydrogen) atoms. The number of hydrogen-bond acceptors (Lipinski definition) is 3. The SMILES string of the molecule is CC(C)OCC(=O)Nc1ccc(C(C)N)cc1. The molecule has 94 valence electrons. The normalized spacial score (nSPS) is 12.5. The van der Waals surface area contributed by atoms with Crippen molar-refractivity contribution >= 4 is 11.6 Å². The molecule has 0 aliphatic carbocycles. The minimum atomic E-state index is -0.146. The number of nitrogens with two attached hydrogens (primary N) is 1. The Kier molecular flexibility index (Phi) is 5.12. The number of rotatable bonds is 5. The van der Waals surface area contributed by atoms with E-state index in [0.29, 0.717) is 0 Å². The standard InChI is InChI=1S/C13H20N2O2/c1-9(2)17-8-13(16)15-12-6-4-11(5-7-12)10(3)14/h4-7,9-10H,8,14H2,1-3H3,(H,15,16). The lowest BCUT2D eigenvalue weighted by molar-refractivity contribution is -0.121. The van der Waals surface area contributed by atoms with E-state index < -0.39 is 0 Å². The van der Waals surface area contributed by atoms with Crippen molar-refractivity contribution in [3.8, 4) is 0 Å². The molecule has 1 unspecified atom stereocenters. The molecule has 0 fully saturated rings. The van der Waals surface area contributed by atoms with Crippen LogP contribution in [0.25, 0.3) is 0 Å². The van der Waals surface area contributed by atoms with Crippen molar-refractivity contribution in [2.24, 2.45) is 5.73 Å². The van der Waals surface area contributed by atoms with Gasteiger partial charge in [0.2, 0.25) is 5.91 Å². The zero-order chi connectivity index (χ0) is 12.8. The van der Waals surface area contributed by atoms with Gasteiger partial charge in [0.25, 0.3) is 0 Å². The van der Waals surface area contributed by atoms with E-state index in [0.717, 1.165) is 11.3 Å². The van der Waals surface area contributed by atoms with Gasteiger partial charge in [-0.3, -0.25) is 4.79 Å². The molecule has 0 saturated carbocycles. The number of hydrogen-bond donors (Lipinski definition) is 2. The van der Waals surface area contributed by atoms with Crippen molar-refractivity contribution in [3.63, 3.8) is 0 Å². The average Bonchev–Trinajstić information content (AvgIpc) is 2.27. The van der Waals surface area contributed by atoms with Crippen LogP contribution in [0.15, 0.2) is 24.3 Å². The molecule has 0 bridgehead atoms. The first-order valence-corrected chi connectivity index (χ1v) is 5.76. The molecule has 0 heterocycles. The molecule has 1 amide bonds. The summed E-state index contributed by atoms with van der Waals surface area (Å²) in [4.78, 5) is 11.5. The first kappa shape index (κ1) is 13.7. The maximum absolute atomic E-state index is 11.5. The highest BCUT2D eigenvalue weighted by Crippen LogP contribution is 2.14. The van der Waals surface area contributed by atoms with Crippen LogP contribution in [0, 0.1) is 0 Å². The summed E-state index contributed by atoms with van der Waals surface area (Å²) in [7, 11) is 0. The van der Waals surface area contributed by atoms with Crippen molar-refractivity contribution in [2.75, 3.05) is 11.9 Å². The fourth-order valence-corrected chi connectivity index (χ4v) is 1.31. The van der Waals surface area contributed by atoms with Gasteiger partial charge in [0.15, 0.2) is 0 Å². The number of benzene rings is 1. The predicted octanol–water partition coefficient (Wildman–Crippen LogP) is 2.07. The van der Waals surface area contributed by atoms with Gasteiger partial charge in [-0.25, -0.2) is 0 Å². The van der Waals surface area contributed by atoms with E-state index in [-0.39, 0.29) is 24.7 Å². The van der Waals surface area contributed by atoms with Crippen LogP contribution in [0.1, 0.15) is 32.4 Å². The Morgan fingerprint density at radius 2 is 1.88 bits per heavy atom. The van der Waals surface area contributed by atoms with Gasteiger partial charge in [-0.2, -0.15) is 0 Å². The van der Waals surface area contributed by atoms with Crippen LogP contribution in [0.3, 0.4) is 0 Å². The summed E-state index contributed by atoms with van der Waals surface area (Å²) < 4.78 is 5.21. The smallest absolute Gasteiger partial charge is 0.250 e. The molecule has 0 radical (unpaired) electrons. The Hall–Kier alpha value is -1.39. The highest BCUT2D eigenvalue weighted by molar-refractivity contribution is 5.91. The van der Waals surface area contributed by atoms with Gasteiger partial charge in [0.05, 0.1) is 6.10 Å². The van der Waals surface area contributed by atoms with Gasteiger partial charge in [-0.05, 0) is 38.5 Å². The summed E-state index contributed by atoms with van der Waals surface area (Å²) in [6, 6.07) is 7.49. The minimum absolute atomic E-state index is 0.00373. The van der Waals surface area contributed by atoms with Gasteiger partial charge in [-0.15, -0.1) is 0 Å². The molecule has 0 aliphatic rings. The molecule has 0 aromatic heterocycles. The van der Waals surface area contributed by atoms with E-state index in [9.17, 15) is 4.79 Å². The number of amides is 1. The lowest BCUT2D eigenvalue weighted by Gasteiger charge is -2.10. The van der Waals surface area contributed by atoms with Crippen LogP contribution in [0.4, 0.5) is 5.69 Å². The van der Waals surface area contributed by atoms with E-state index >= 15 is 0 Å². The van der Waals surface area contributed by atoms with Crippen molar-refractivity contribution in [3.05, 3.63) is 29.8 Å². The fourth-order valence-electron chi connectivity index (χ4n) is 1.31. The Balaban J connectivity index is 2.48. The molecule has 1 aromatic rings. The molecule has 3 N–H and O–H groups in total. The summed E-state index contributed by atoms with van der Waals surface area (Å²) in [5.74, 6) is -0.146. The highest BCUT2D eigenvalue weighted by Gasteiger charge is 2.04. The van der Waals surface area contributed by atoms with Crippen LogP contribution in [-0.4, -0.2) is 18.6 Å². The second-order valence-electron chi connectivity index (χ2n) is 4.32. The van der Waals surface area contributed by atoms with Gasteiger partial charge in [0, 0.05) is 11.7 Å². The third kappa shape index (κ3) is 4.97. The predicted molar refractivity (Wildman–Crippen MR) is 68.8 cm³/mol. The fraction of sp³-hybridized carbons (Fsp3) is 0.462. The maximum atomic E-state index is 11.5. The summed E-state index contributed by atoms with van der Waals surface area (Å²) in [6.45, 7) is 5.78. The lowest BCUT2D eigenvalue weighted by atomic mass is 10.1. The number of nitrogens with one attached hydrogen (secondary N) is 1. The summed E-state index contributed by atoms with van der Waals surface area (Å²) >= 11 is 0. The maximum Gasteiger partial charge on any atom is 0.250 e. The van der Waals surface area contributed by atoms with Crippen molar-refractivity contribution in [1.82, 2.24) is 0 Å². The van der Waals surface area contributed by atoms with E-state index in [1.807, 2.05) is 45.0 Å². The molecular weight excluding hydrogens is 216 g/mol. The molecule has 1 rings (SSSR count). The highest BCUT2D eigenvalue weighted by atomic mass is 16.5. The third-order valence-corrected chi connectivity index (χ3v) is 2.27. The van der Waals surface area contributed by atoms with E-state index in [4.69, 9.17) is 10.5 Å². The van der Waals surface area contributed by atoms with Gasteiger partial charge in [-0.1, -0.05) is 12.1 Å². The van der Waals surface area contributed by atoms with E-state index in [2.05, 4.69) is 5.32 Å². The van der Waals surface area contributed by atoms with Crippen LogP contribution in [-0.2, 0) is 9.53 Å². The Morgan fingerprint density at radius 3 is 2.35 bits per heavy atom. The molecule has 1 aromatic carbocycles. The summed E-state index contributed by atoms with van der Waals surface area (Å²) in [5, 5.41) is 2.76. The molecule has 1 atom stereocenters. The molecule has 4 nitrogen and oxygen atoms in total. The van der Waals surface area contributed by atoms with Crippen LogP contribution in [0.5, 0.6) is 0 Å². The van der Waals surface area contributed by atoms with Gasteiger partial charge >= 0.3 is 0 Å². The zero-order valence-electron chi connectivity index (χ0n) is 10.6. The number of carbonyl (C=O) groups excluding carboxylic acids is 1. The summed E-state index contributed by atoms with van der Waals surface area (Å²) in [5.41, 5.74) is 7.54. The van der Waals surface area contributed by atoms with Crippen molar-refractivity contribution < 1.29 is 9.53 Å². The molecule has 0 aliphatic heterocycles. The van der Waals surface area contributed by atoms with Crippen LogP contribution < -0.4 is 11.1 Å². The zero-order valence-corrected chi connectivity index (χ0v) is 10.6. The topological polar surface area (TPSA) is 64.3 Å². The van der Waals surface area contributed by atoms with Crippen molar-refractivity contribution in [2.45, 2.75) is 32.9 Å². The Labute approximate surface area is 102 Å². The monoisotopic (exact) mass is 236 g/mol. The number of ether oxygens (including phenoxy) is 1. The van der Waals surface area contributed by atoms with Crippen molar-refractivity contribution in [1.29, 1.82) is 0 Å². The molecular formula is C13H20N2O2. The first-order valence-electron chi connectivity index (χ1n) is 5.76. The van der Waals surface area contributed by atoms with Gasteiger partial charge in [0.1, 0.15) is 6.61 Å². The third-order valence-electron chi connectivity index (χ3n) is 2.27. The average molecular weight is 236 g/mol. The Bertz CT molecular complexity index is 358. The largest absolute Gasteiger partial charge is 0.369 e. The van der Waals surface area contributed by atoms with Crippen LogP contribution >= 0.6 is 0 Å². The quantitative estimate of drug-likeness (QED) is 0.822. The summed E-state index contributed by atoms with van der Waals surface area (Å²) in [6.07, 6.45) is 0.0567.